The first-order valence-electron chi connectivity index (χ1n) is 3.07. The standard InChI is InChI=1S/C7H8ClNO/c1-2-5-3-6(8)7(10)4-9-5/h3-4,10H,2H2,1H3. The van der Waals surface area contributed by atoms with Gasteiger partial charge in [0.15, 0.2) is 5.75 Å². The molecule has 0 spiro atoms. The van der Waals surface area contributed by atoms with Gasteiger partial charge in [-0.25, -0.2) is 0 Å². The quantitative estimate of drug-likeness (QED) is 0.677. The van der Waals surface area contributed by atoms with Crippen molar-refractivity contribution in [1.29, 1.82) is 0 Å². The number of rotatable bonds is 1. The fourth-order valence-corrected chi connectivity index (χ4v) is 0.831. The van der Waals surface area contributed by atoms with Gasteiger partial charge in [-0.3, -0.25) is 4.98 Å². The number of hydrogen-bond donors (Lipinski definition) is 1. The van der Waals surface area contributed by atoms with E-state index in [0.717, 1.165) is 12.1 Å². The maximum absolute atomic E-state index is 8.94. The number of aromatic nitrogens is 1. The summed E-state index contributed by atoms with van der Waals surface area (Å²) >= 11 is 5.60. The van der Waals surface area contributed by atoms with Gasteiger partial charge in [-0.1, -0.05) is 18.5 Å². The number of halogens is 1. The van der Waals surface area contributed by atoms with Gasteiger partial charge in [0.1, 0.15) is 0 Å². The third-order valence-corrected chi connectivity index (χ3v) is 1.56. The fraction of sp³-hybridized carbons (Fsp3) is 0.286. The summed E-state index contributed by atoms with van der Waals surface area (Å²) in [6.45, 7) is 1.98. The van der Waals surface area contributed by atoms with Crippen molar-refractivity contribution in [2.45, 2.75) is 13.3 Å². The van der Waals surface area contributed by atoms with Crippen LogP contribution in [0.1, 0.15) is 12.6 Å². The number of aryl methyl sites for hydroxylation is 1. The third-order valence-electron chi connectivity index (χ3n) is 1.25. The molecule has 0 saturated heterocycles. The monoisotopic (exact) mass is 157 g/mol. The Kier molecular flexibility index (Phi) is 2.12. The summed E-state index contributed by atoms with van der Waals surface area (Å²) in [7, 11) is 0. The zero-order chi connectivity index (χ0) is 7.56. The highest BCUT2D eigenvalue weighted by Crippen LogP contribution is 2.21. The van der Waals surface area contributed by atoms with Crippen LogP contribution in [0.25, 0.3) is 0 Å². The Bertz CT molecular complexity index is 237. The maximum Gasteiger partial charge on any atom is 0.152 e. The molecule has 0 fully saturated rings. The van der Waals surface area contributed by atoms with E-state index in [1.807, 2.05) is 6.92 Å². The average Bonchev–Trinajstić information content (AvgIpc) is 1.95. The second-order valence-corrected chi connectivity index (χ2v) is 2.39. The molecule has 1 N–H and O–H groups in total. The van der Waals surface area contributed by atoms with E-state index in [2.05, 4.69) is 4.98 Å². The Labute approximate surface area is 64.5 Å². The predicted molar refractivity (Wildman–Crippen MR) is 40.3 cm³/mol. The maximum atomic E-state index is 8.94. The summed E-state index contributed by atoms with van der Waals surface area (Å²) in [5.41, 5.74) is 0.891. The molecule has 1 heterocycles. The molecule has 2 nitrogen and oxygen atoms in total. The molecule has 0 atom stereocenters. The largest absolute Gasteiger partial charge is 0.505 e. The van der Waals surface area contributed by atoms with Gasteiger partial charge in [0.05, 0.1) is 11.2 Å². The molecule has 0 amide bonds. The van der Waals surface area contributed by atoms with Crippen LogP contribution in [0.2, 0.25) is 5.02 Å². The highest BCUT2D eigenvalue weighted by molar-refractivity contribution is 6.31. The van der Waals surface area contributed by atoms with Crippen molar-refractivity contribution >= 4 is 11.6 Å². The van der Waals surface area contributed by atoms with E-state index in [9.17, 15) is 0 Å². The topological polar surface area (TPSA) is 33.1 Å². The zero-order valence-corrected chi connectivity index (χ0v) is 6.39. The van der Waals surface area contributed by atoms with Gasteiger partial charge in [-0.15, -0.1) is 0 Å². The lowest BCUT2D eigenvalue weighted by Gasteiger charge is -1.97. The minimum absolute atomic E-state index is 0.0406. The lowest BCUT2D eigenvalue weighted by atomic mass is 10.3. The molecule has 0 radical (unpaired) electrons. The summed E-state index contributed by atoms with van der Waals surface area (Å²) in [4.78, 5) is 3.92. The molecule has 54 valence electrons. The van der Waals surface area contributed by atoms with Crippen molar-refractivity contribution in [2.75, 3.05) is 0 Å². The summed E-state index contributed by atoms with van der Waals surface area (Å²) in [6.07, 6.45) is 2.20. The van der Waals surface area contributed by atoms with E-state index in [-0.39, 0.29) is 5.75 Å². The lowest BCUT2D eigenvalue weighted by Crippen LogP contribution is -1.84. The van der Waals surface area contributed by atoms with Crippen molar-refractivity contribution in [2.24, 2.45) is 0 Å². The summed E-state index contributed by atoms with van der Waals surface area (Å²) < 4.78 is 0. The van der Waals surface area contributed by atoms with Crippen molar-refractivity contribution < 1.29 is 5.11 Å². The Morgan fingerprint density at radius 2 is 2.40 bits per heavy atom. The molecule has 0 saturated carbocycles. The molecule has 0 aromatic carbocycles. The molecule has 10 heavy (non-hydrogen) atoms. The molecule has 3 heteroatoms. The van der Waals surface area contributed by atoms with Crippen LogP contribution in [0.4, 0.5) is 0 Å². The molecule has 0 unspecified atom stereocenters. The van der Waals surface area contributed by atoms with Crippen LogP contribution in [0.3, 0.4) is 0 Å². The molecule has 0 aliphatic carbocycles. The molecular weight excluding hydrogens is 150 g/mol. The van der Waals surface area contributed by atoms with E-state index < -0.39 is 0 Å². The SMILES string of the molecule is CCc1cc(Cl)c(O)cn1. The van der Waals surface area contributed by atoms with Crippen LogP contribution >= 0.6 is 11.6 Å². The van der Waals surface area contributed by atoms with E-state index in [1.165, 1.54) is 6.20 Å². The molecule has 1 aromatic rings. The Hall–Kier alpha value is -0.760. The van der Waals surface area contributed by atoms with Gasteiger partial charge >= 0.3 is 0 Å². The molecule has 0 aliphatic heterocycles. The van der Waals surface area contributed by atoms with Crippen LogP contribution in [-0.4, -0.2) is 10.1 Å². The molecule has 1 rings (SSSR count). The minimum atomic E-state index is 0.0406. The zero-order valence-electron chi connectivity index (χ0n) is 5.63. The number of nitrogens with zero attached hydrogens (tertiary/aromatic N) is 1. The fourth-order valence-electron chi connectivity index (χ4n) is 0.657. The van der Waals surface area contributed by atoms with E-state index >= 15 is 0 Å². The van der Waals surface area contributed by atoms with Crippen LogP contribution in [0.5, 0.6) is 5.75 Å². The van der Waals surface area contributed by atoms with Crippen molar-refractivity contribution in [3.63, 3.8) is 0 Å². The first-order valence-corrected chi connectivity index (χ1v) is 3.45. The lowest BCUT2D eigenvalue weighted by molar-refractivity contribution is 0.472. The van der Waals surface area contributed by atoms with Gasteiger partial charge in [0.25, 0.3) is 0 Å². The number of aromatic hydroxyl groups is 1. The molecule has 1 aromatic heterocycles. The second-order valence-electron chi connectivity index (χ2n) is 1.98. The van der Waals surface area contributed by atoms with Crippen LogP contribution in [0.15, 0.2) is 12.3 Å². The summed E-state index contributed by atoms with van der Waals surface area (Å²) in [5, 5.41) is 9.31. The van der Waals surface area contributed by atoms with Crippen LogP contribution < -0.4 is 0 Å². The Morgan fingerprint density at radius 1 is 1.70 bits per heavy atom. The van der Waals surface area contributed by atoms with Crippen LogP contribution in [0, 0.1) is 0 Å². The van der Waals surface area contributed by atoms with Crippen molar-refractivity contribution in [3.05, 3.63) is 23.0 Å². The first-order chi connectivity index (χ1) is 4.74. The summed E-state index contributed by atoms with van der Waals surface area (Å²) in [6, 6.07) is 1.66. The second kappa shape index (κ2) is 2.88. The number of pyridine rings is 1. The first kappa shape index (κ1) is 7.35. The van der Waals surface area contributed by atoms with Gasteiger partial charge in [0, 0.05) is 5.69 Å². The Morgan fingerprint density at radius 3 is 2.90 bits per heavy atom. The van der Waals surface area contributed by atoms with Gasteiger partial charge in [-0.2, -0.15) is 0 Å². The van der Waals surface area contributed by atoms with Crippen molar-refractivity contribution in [1.82, 2.24) is 4.98 Å². The van der Waals surface area contributed by atoms with E-state index in [1.54, 1.807) is 6.07 Å². The molecule has 0 bridgehead atoms. The van der Waals surface area contributed by atoms with E-state index in [0.29, 0.717) is 5.02 Å². The van der Waals surface area contributed by atoms with Crippen molar-refractivity contribution in [3.8, 4) is 5.75 Å². The highest BCUT2D eigenvalue weighted by Gasteiger charge is 1.98. The predicted octanol–water partition coefficient (Wildman–Crippen LogP) is 2.00. The van der Waals surface area contributed by atoms with Gasteiger partial charge < -0.3 is 5.11 Å². The summed E-state index contributed by atoms with van der Waals surface area (Å²) in [5.74, 6) is 0.0406. The smallest absolute Gasteiger partial charge is 0.152 e. The third kappa shape index (κ3) is 1.39. The normalized spacial score (nSPS) is 9.80. The molecular formula is C7H8ClNO. The van der Waals surface area contributed by atoms with Crippen LogP contribution in [-0.2, 0) is 6.42 Å². The molecule has 0 aliphatic rings. The van der Waals surface area contributed by atoms with Gasteiger partial charge in [-0.05, 0) is 12.5 Å². The number of hydrogen-bond acceptors (Lipinski definition) is 2. The minimum Gasteiger partial charge on any atom is -0.505 e. The Balaban J connectivity index is 3.04. The van der Waals surface area contributed by atoms with E-state index in [4.69, 9.17) is 16.7 Å². The van der Waals surface area contributed by atoms with Gasteiger partial charge in [0.2, 0.25) is 0 Å². The average molecular weight is 158 g/mol. The highest BCUT2D eigenvalue weighted by atomic mass is 35.5.